The number of benzene rings is 1. The Morgan fingerprint density at radius 1 is 1.45 bits per heavy atom. The van der Waals surface area contributed by atoms with Crippen molar-refractivity contribution in [2.45, 2.75) is 36.8 Å². The smallest absolute Gasteiger partial charge is 0.261 e. The van der Waals surface area contributed by atoms with Gasteiger partial charge in [0.25, 0.3) is 5.91 Å². The second-order valence-electron chi connectivity index (χ2n) is 4.99. The SMILES string of the molecule is CSc1ccc(OC(C)C(=O)N[C@H]2CCCNC2)cc1. The predicted molar refractivity (Wildman–Crippen MR) is 82.3 cm³/mol. The van der Waals surface area contributed by atoms with Gasteiger partial charge in [-0.25, -0.2) is 0 Å². The largest absolute Gasteiger partial charge is 0.481 e. The summed E-state index contributed by atoms with van der Waals surface area (Å²) in [4.78, 5) is 13.3. The number of amides is 1. The molecule has 0 bridgehead atoms. The number of hydrogen-bond acceptors (Lipinski definition) is 4. The molecule has 1 amide bonds. The highest BCUT2D eigenvalue weighted by atomic mass is 32.2. The molecule has 1 aromatic rings. The summed E-state index contributed by atoms with van der Waals surface area (Å²) in [6, 6.07) is 8.02. The first kappa shape index (κ1) is 15.2. The molecule has 1 heterocycles. The second-order valence-corrected chi connectivity index (χ2v) is 5.87. The number of hydrogen-bond donors (Lipinski definition) is 2. The lowest BCUT2D eigenvalue weighted by Crippen LogP contribution is -2.49. The Bertz CT molecular complexity index is 430. The van der Waals surface area contributed by atoms with Crippen LogP contribution in [-0.4, -0.2) is 37.4 Å². The van der Waals surface area contributed by atoms with Crippen molar-refractivity contribution in [1.29, 1.82) is 0 Å². The van der Waals surface area contributed by atoms with E-state index in [0.29, 0.717) is 0 Å². The zero-order chi connectivity index (χ0) is 14.4. The summed E-state index contributed by atoms with van der Waals surface area (Å²) in [6.45, 7) is 3.68. The number of piperidine rings is 1. The minimum absolute atomic E-state index is 0.0485. The van der Waals surface area contributed by atoms with Crippen LogP contribution in [0.15, 0.2) is 29.2 Å². The number of carbonyl (C=O) groups excluding carboxylic acids is 1. The summed E-state index contributed by atoms with van der Waals surface area (Å²) >= 11 is 1.68. The maximum atomic E-state index is 12.1. The van der Waals surface area contributed by atoms with Gasteiger partial charge in [-0.05, 0) is 56.8 Å². The minimum atomic E-state index is -0.475. The molecule has 2 rings (SSSR count). The van der Waals surface area contributed by atoms with Crippen LogP contribution in [0.2, 0.25) is 0 Å². The quantitative estimate of drug-likeness (QED) is 0.816. The van der Waals surface area contributed by atoms with Gasteiger partial charge in [0, 0.05) is 17.5 Å². The first-order valence-corrected chi connectivity index (χ1v) is 8.23. The third kappa shape index (κ3) is 4.42. The van der Waals surface area contributed by atoms with E-state index in [4.69, 9.17) is 4.74 Å². The van der Waals surface area contributed by atoms with Crippen molar-refractivity contribution >= 4 is 17.7 Å². The van der Waals surface area contributed by atoms with Crippen LogP contribution in [-0.2, 0) is 4.79 Å². The Balaban J connectivity index is 1.83. The molecule has 1 saturated heterocycles. The van der Waals surface area contributed by atoms with Crippen molar-refractivity contribution in [2.24, 2.45) is 0 Å². The monoisotopic (exact) mass is 294 g/mol. The van der Waals surface area contributed by atoms with Gasteiger partial charge in [0.2, 0.25) is 0 Å². The summed E-state index contributed by atoms with van der Waals surface area (Å²) in [5.41, 5.74) is 0. The summed E-state index contributed by atoms with van der Waals surface area (Å²) < 4.78 is 5.68. The van der Waals surface area contributed by atoms with Gasteiger partial charge >= 0.3 is 0 Å². The standard InChI is InChI=1S/C15H22N2O2S/c1-11(15(18)17-12-4-3-9-16-10-12)19-13-5-7-14(20-2)8-6-13/h5-8,11-12,16H,3-4,9-10H2,1-2H3,(H,17,18)/t11?,12-/m0/s1. The van der Waals surface area contributed by atoms with Gasteiger partial charge < -0.3 is 15.4 Å². The van der Waals surface area contributed by atoms with Gasteiger partial charge in [0.05, 0.1) is 0 Å². The topological polar surface area (TPSA) is 50.4 Å². The fourth-order valence-corrected chi connectivity index (χ4v) is 2.61. The Morgan fingerprint density at radius 3 is 2.80 bits per heavy atom. The summed E-state index contributed by atoms with van der Waals surface area (Å²) in [5, 5.41) is 6.31. The number of carbonyl (C=O) groups is 1. The van der Waals surface area contributed by atoms with E-state index in [-0.39, 0.29) is 11.9 Å². The highest BCUT2D eigenvalue weighted by Crippen LogP contribution is 2.19. The molecule has 1 fully saturated rings. The van der Waals surface area contributed by atoms with Crippen molar-refractivity contribution in [3.8, 4) is 5.75 Å². The molecule has 1 aliphatic rings. The van der Waals surface area contributed by atoms with Crippen LogP contribution in [0.5, 0.6) is 5.75 Å². The van der Waals surface area contributed by atoms with Gasteiger partial charge in [0.1, 0.15) is 5.75 Å². The van der Waals surface area contributed by atoms with Gasteiger partial charge in [0.15, 0.2) is 6.10 Å². The molecule has 2 N–H and O–H groups in total. The van der Waals surface area contributed by atoms with Crippen molar-refractivity contribution in [1.82, 2.24) is 10.6 Å². The molecule has 0 spiro atoms. The Morgan fingerprint density at radius 2 is 2.20 bits per heavy atom. The van der Waals surface area contributed by atoms with Gasteiger partial charge in [-0.3, -0.25) is 4.79 Å². The molecule has 20 heavy (non-hydrogen) atoms. The molecular weight excluding hydrogens is 272 g/mol. The van der Waals surface area contributed by atoms with Crippen LogP contribution in [0.1, 0.15) is 19.8 Å². The van der Waals surface area contributed by atoms with Gasteiger partial charge in [-0.1, -0.05) is 0 Å². The van der Waals surface area contributed by atoms with Crippen LogP contribution in [0.3, 0.4) is 0 Å². The molecular formula is C15H22N2O2S. The average molecular weight is 294 g/mol. The fourth-order valence-electron chi connectivity index (χ4n) is 2.21. The van der Waals surface area contributed by atoms with E-state index >= 15 is 0 Å². The average Bonchev–Trinajstić information content (AvgIpc) is 2.49. The lowest BCUT2D eigenvalue weighted by molar-refractivity contribution is -0.128. The Kier molecular flexibility index (Phi) is 5.73. The molecule has 0 saturated carbocycles. The normalized spacial score (nSPS) is 20.2. The number of ether oxygens (including phenoxy) is 1. The van der Waals surface area contributed by atoms with E-state index < -0.39 is 6.10 Å². The molecule has 1 aromatic carbocycles. The molecule has 5 heteroatoms. The van der Waals surface area contributed by atoms with Crippen LogP contribution in [0, 0.1) is 0 Å². The summed E-state index contributed by atoms with van der Waals surface area (Å²) in [6.07, 6.45) is 3.70. The van der Waals surface area contributed by atoms with E-state index in [1.165, 1.54) is 4.90 Å². The first-order valence-electron chi connectivity index (χ1n) is 7.01. The molecule has 0 radical (unpaired) electrons. The molecule has 0 aromatic heterocycles. The number of thioether (sulfide) groups is 1. The zero-order valence-corrected chi connectivity index (χ0v) is 12.8. The second kappa shape index (κ2) is 7.55. The summed E-state index contributed by atoms with van der Waals surface area (Å²) in [5.74, 6) is 0.680. The zero-order valence-electron chi connectivity index (χ0n) is 12.0. The van der Waals surface area contributed by atoms with Crippen molar-refractivity contribution in [3.63, 3.8) is 0 Å². The van der Waals surface area contributed by atoms with Gasteiger partial charge in [-0.2, -0.15) is 0 Å². The summed E-state index contributed by atoms with van der Waals surface area (Å²) in [7, 11) is 0. The minimum Gasteiger partial charge on any atom is -0.481 e. The first-order chi connectivity index (χ1) is 9.69. The Labute approximate surface area is 124 Å². The molecule has 110 valence electrons. The predicted octanol–water partition coefficient (Wildman–Crippen LogP) is 2.04. The van der Waals surface area contributed by atoms with E-state index in [0.717, 1.165) is 31.7 Å². The molecule has 4 nitrogen and oxygen atoms in total. The van der Waals surface area contributed by atoms with Crippen LogP contribution < -0.4 is 15.4 Å². The van der Waals surface area contributed by atoms with E-state index in [1.807, 2.05) is 30.5 Å². The number of nitrogens with one attached hydrogen (secondary N) is 2. The highest BCUT2D eigenvalue weighted by molar-refractivity contribution is 7.98. The highest BCUT2D eigenvalue weighted by Gasteiger charge is 2.20. The maximum Gasteiger partial charge on any atom is 0.261 e. The van der Waals surface area contributed by atoms with Crippen LogP contribution in [0.4, 0.5) is 0 Å². The Hall–Kier alpha value is -1.20. The van der Waals surface area contributed by atoms with Crippen molar-refractivity contribution in [3.05, 3.63) is 24.3 Å². The van der Waals surface area contributed by atoms with Gasteiger partial charge in [-0.15, -0.1) is 11.8 Å². The number of rotatable bonds is 5. The fraction of sp³-hybridized carbons (Fsp3) is 0.533. The maximum absolute atomic E-state index is 12.1. The lowest BCUT2D eigenvalue weighted by atomic mass is 10.1. The third-order valence-corrected chi connectivity index (χ3v) is 4.13. The van der Waals surface area contributed by atoms with E-state index in [1.54, 1.807) is 18.7 Å². The lowest BCUT2D eigenvalue weighted by Gasteiger charge is -2.25. The molecule has 1 unspecified atom stereocenters. The van der Waals surface area contributed by atoms with Crippen molar-refractivity contribution in [2.75, 3.05) is 19.3 Å². The molecule has 0 aliphatic carbocycles. The van der Waals surface area contributed by atoms with E-state index in [2.05, 4.69) is 10.6 Å². The molecule has 2 atom stereocenters. The van der Waals surface area contributed by atoms with Crippen LogP contribution in [0.25, 0.3) is 0 Å². The third-order valence-electron chi connectivity index (χ3n) is 3.38. The van der Waals surface area contributed by atoms with Crippen LogP contribution >= 0.6 is 11.8 Å². The molecule has 1 aliphatic heterocycles. The van der Waals surface area contributed by atoms with Crippen molar-refractivity contribution < 1.29 is 9.53 Å². The van der Waals surface area contributed by atoms with E-state index in [9.17, 15) is 4.79 Å².